The van der Waals surface area contributed by atoms with E-state index < -0.39 is 5.82 Å². The number of H-pyrrole nitrogens is 1. The Bertz CT molecular complexity index is 849. The van der Waals surface area contributed by atoms with Crippen molar-refractivity contribution in [2.24, 2.45) is 0 Å². The molecule has 3 nitrogen and oxygen atoms in total. The number of ketones is 1. The fourth-order valence-corrected chi connectivity index (χ4v) is 3.16. The lowest BCUT2D eigenvalue weighted by molar-refractivity contribution is 0.104. The van der Waals surface area contributed by atoms with Gasteiger partial charge in [-0.25, -0.2) is 4.39 Å². The van der Waals surface area contributed by atoms with Crippen molar-refractivity contribution in [3.8, 4) is 0 Å². The highest BCUT2D eigenvalue weighted by Crippen LogP contribution is 2.25. The second-order valence-electron chi connectivity index (χ2n) is 5.84. The standard InChI is InChI=1S/C19H18FNO2/c1-12-14-7-3-4-8-15(14)18(19(23)21-12)17(22)11-10-13-6-2-5-9-16(13)20/h2,5-6,9-11H,3-4,7-8H2,1H3,(H,21,23)/b11-10+. The number of carbonyl (C=O) groups is 1. The van der Waals surface area contributed by atoms with Gasteiger partial charge in [0.25, 0.3) is 5.56 Å². The number of aryl methyl sites for hydroxylation is 1. The predicted molar refractivity (Wildman–Crippen MR) is 88.2 cm³/mol. The van der Waals surface area contributed by atoms with Gasteiger partial charge >= 0.3 is 0 Å². The average Bonchev–Trinajstić information content (AvgIpc) is 2.54. The Morgan fingerprint density at radius 2 is 1.87 bits per heavy atom. The lowest BCUT2D eigenvalue weighted by atomic mass is 9.87. The summed E-state index contributed by atoms with van der Waals surface area (Å²) in [6, 6.07) is 6.22. The van der Waals surface area contributed by atoms with Crippen molar-refractivity contribution in [1.29, 1.82) is 0 Å². The molecular formula is C19H18FNO2. The molecule has 0 radical (unpaired) electrons. The van der Waals surface area contributed by atoms with Crippen LogP contribution >= 0.6 is 0 Å². The second-order valence-corrected chi connectivity index (χ2v) is 5.84. The van der Waals surface area contributed by atoms with Crippen molar-refractivity contribution >= 4 is 11.9 Å². The van der Waals surface area contributed by atoms with Crippen LogP contribution < -0.4 is 5.56 Å². The van der Waals surface area contributed by atoms with Crippen molar-refractivity contribution in [3.05, 3.63) is 74.5 Å². The third-order valence-corrected chi connectivity index (χ3v) is 4.32. The number of nitrogens with one attached hydrogen (secondary N) is 1. The SMILES string of the molecule is Cc1[nH]c(=O)c(C(=O)/C=C/c2ccccc2F)c2c1CCCC2. The first-order valence-electron chi connectivity index (χ1n) is 7.79. The Hall–Kier alpha value is -2.49. The van der Waals surface area contributed by atoms with Gasteiger partial charge in [-0.3, -0.25) is 9.59 Å². The van der Waals surface area contributed by atoms with Gasteiger partial charge in [-0.05, 0) is 62.0 Å². The van der Waals surface area contributed by atoms with Crippen molar-refractivity contribution in [2.45, 2.75) is 32.6 Å². The molecule has 0 bridgehead atoms. The van der Waals surface area contributed by atoms with Crippen LogP contribution in [0.4, 0.5) is 4.39 Å². The average molecular weight is 311 g/mol. The summed E-state index contributed by atoms with van der Waals surface area (Å²) in [6.45, 7) is 1.87. The highest BCUT2D eigenvalue weighted by molar-refractivity contribution is 6.07. The normalized spacial score (nSPS) is 14.0. The van der Waals surface area contributed by atoms with Crippen molar-refractivity contribution < 1.29 is 9.18 Å². The number of aromatic nitrogens is 1. The van der Waals surface area contributed by atoms with Crippen LogP contribution in [0.25, 0.3) is 6.08 Å². The summed E-state index contributed by atoms with van der Waals surface area (Å²) in [7, 11) is 0. The van der Waals surface area contributed by atoms with E-state index in [1.165, 1.54) is 18.2 Å². The van der Waals surface area contributed by atoms with Gasteiger partial charge in [0.05, 0.1) is 5.56 Å². The Balaban J connectivity index is 2.00. The first-order chi connectivity index (χ1) is 11.1. The third-order valence-electron chi connectivity index (χ3n) is 4.32. The summed E-state index contributed by atoms with van der Waals surface area (Å²) in [5, 5.41) is 0. The molecule has 0 atom stereocenters. The fraction of sp³-hybridized carbons (Fsp3) is 0.263. The van der Waals surface area contributed by atoms with E-state index in [4.69, 9.17) is 0 Å². The number of rotatable bonds is 3. The number of carbonyl (C=O) groups excluding carboxylic acids is 1. The Morgan fingerprint density at radius 3 is 2.61 bits per heavy atom. The first-order valence-corrected chi connectivity index (χ1v) is 7.79. The Labute approximate surface area is 133 Å². The molecule has 2 aromatic rings. The maximum absolute atomic E-state index is 13.6. The third kappa shape index (κ3) is 3.02. The van der Waals surface area contributed by atoms with Crippen molar-refractivity contribution in [3.63, 3.8) is 0 Å². The Morgan fingerprint density at radius 1 is 1.17 bits per heavy atom. The van der Waals surface area contributed by atoms with E-state index in [0.29, 0.717) is 5.56 Å². The molecule has 23 heavy (non-hydrogen) atoms. The van der Waals surface area contributed by atoms with Crippen molar-refractivity contribution in [2.75, 3.05) is 0 Å². The van der Waals surface area contributed by atoms with Crippen LogP contribution in [-0.2, 0) is 12.8 Å². The molecule has 3 rings (SSSR count). The van der Waals surface area contributed by atoms with Crippen LogP contribution in [0.1, 0.15) is 45.6 Å². The fourth-order valence-electron chi connectivity index (χ4n) is 3.16. The molecule has 0 saturated heterocycles. The minimum Gasteiger partial charge on any atom is -0.326 e. The number of aromatic amines is 1. The molecule has 4 heteroatoms. The highest BCUT2D eigenvalue weighted by atomic mass is 19.1. The van der Waals surface area contributed by atoms with E-state index in [2.05, 4.69) is 4.98 Å². The summed E-state index contributed by atoms with van der Waals surface area (Å²) in [6.07, 6.45) is 6.38. The van der Waals surface area contributed by atoms with Gasteiger partial charge in [0.2, 0.25) is 0 Å². The van der Waals surface area contributed by atoms with Gasteiger partial charge < -0.3 is 4.98 Å². The van der Waals surface area contributed by atoms with Gasteiger partial charge in [-0.1, -0.05) is 18.2 Å². The first kappa shape index (κ1) is 15.4. The molecule has 1 aliphatic carbocycles. The lowest BCUT2D eigenvalue weighted by Gasteiger charge is -2.19. The van der Waals surface area contributed by atoms with Crippen LogP contribution in [0.5, 0.6) is 0 Å². The zero-order valence-corrected chi connectivity index (χ0v) is 13.0. The van der Waals surface area contributed by atoms with Gasteiger partial charge in [-0.2, -0.15) is 0 Å². The van der Waals surface area contributed by atoms with Crippen LogP contribution in [0, 0.1) is 12.7 Å². The molecule has 1 aromatic carbocycles. The smallest absolute Gasteiger partial charge is 0.259 e. The summed E-state index contributed by atoms with van der Waals surface area (Å²) in [4.78, 5) is 27.5. The van der Waals surface area contributed by atoms with E-state index in [1.807, 2.05) is 6.92 Å². The molecule has 0 unspecified atom stereocenters. The lowest BCUT2D eigenvalue weighted by Crippen LogP contribution is -2.24. The molecule has 0 saturated carbocycles. The minimum atomic E-state index is -0.392. The summed E-state index contributed by atoms with van der Waals surface area (Å²) < 4.78 is 13.6. The van der Waals surface area contributed by atoms with Crippen LogP contribution in [0.2, 0.25) is 0 Å². The van der Waals surface area contributed by atoms with Gasteiger partial charge in [0.15, 0.2) is 5.78 Å². The highest BCUT2D eigenvalue weighted by Gasteiger charge is 2.21. The maximum Gasteiger partial charge on any atom is 0.259 e. The van der Waals surface area contributed by atoms with Crippen LogP contribution in [0.15, 0.2) is 35.1 Å². The molecular weight excluding hydrogens is 293 g/mol. The largest absolute Gasteiger partial charge is 0.326 e. The number of benzene rings is 1. The van der Waals surface area contributed by atoms with E-state index in [1.54, 1.807) is 18.2 Å². The number of fused-ring (bicyclic) bond motifs is 1. The zero-order valence-electron chi connectivity index (χ0n) is 13.0. The predicted octanol–water partition coefficient (Wildman–Crippen LogP) is 3.60. The van der Waals surface area contributed by atoms with Crippen molar-refractivity contribution in [1.82, 2.24) is 4.98 Å². The maximum atomic E-state index is 13.6. The van der Waals surface area contributed by atoms with Gasteiger partial charge in [-0.15, -0.1) is 0 Å². The topological polar surface area (TPSA) is 49.9 Å². The van der Waals surface area contributed by atoms with Gasteiger partial charge in [0.1, 0.15) is 5.82 Å². The molecule has 118 valence electrons. The molecule has 1 aliphatic rings. The molecule has 0 amide bonds. The molecule has 0 fully saturated rings. The number of halogens is 1. The molecule has 1 aromatic heterocycles. The molecule has 0 spiro atoms. The molecule has 1 N–H and O–H groups in total. The monoisotopic (exact) mass is 311 g/mol. The van der Waals surface area contributed by atoms with E-state index in [9.17, 15) is 14.0 Å². The number of pyridine rings is 1. The summed E-state index contributed by atoms with van der Waals surface area (Å²) in [5.41, 5.74) is 2.97. The van der Waals surface area contributed by atoms with E-state index >= 15 is 0 Å². The van der Waals surface area contributed by atoms with E-state index in [0.717, 1.165) is 42.5 Å². The number of hydrogen-bond donors (Lipinski definition) is 1. The zero-order chi connectivity index (χ0) is 16.4. The van der Waals surface area contributed by atoms with Crippen LogP contribution in [-0.4, -0.2) is 10.8 Å². The quantitative estimate of drug-likeness (QED) is 0.695. The summed E-state index contributed by atoms with van der Waals surface area (Å²) >= 11 is 0. The molecule has 0 aliphatic heterocycles. The summed E-state index contributed by atoms with van der Waals surface area (Å²) in [5.74, 6) is -0.760. The second kappa shape index (κ2) is 6.32. The van der Waals surface area contributed by atoms with Crippen LogP contribution in [0.3, 0.4) is 0 Å². The number of hydrogen-bond acceptors (Lipinski definition) is 2. The van der Waals surface area contributed by atoms with E-state index in [-0.39, 0.29) is 16.9 Å². The molecule has 1 heterocycles. The number of allylic oxidation sites excluding steroid dienone is 1. The van der Waals surface area contributed by atoms with Gasteiger partial charge in [0, 0.05) is 11.3 Å². The Kier molecular flexibility index (Phi) is 4.24. The minimum absolute atomic E-state index is 0.206.